The maximum atomic E-state index is 11.1. The van der Waals surface area contributed by atoms with Crippen LogP contribution in [-0.4, -0.2) is 58.8 Å². The highest BCUT2D eigenvalue weighted by Crippen LogP contribution is 2.28. The molecule has 162 valence electrons. The number of hydrogen-bond acceptors (Lipinski definition) is 5. The van der Waals surface area contributed by atoms with Gasteiger partial charge in [0, 0.05) is 48.3 Å². The molecule has 3 aromatic rings. The SMILES string of the molecule is O=C/C(=C/c1ccc2c(c1)CC(N(CCO)CCc1c[nH]c3ccccc13)C2)CNO. The Morgan fingerprint density at radius 2 is 2.00 bits per heavy atom. The van der Waals surface area contributed by atoms with Crippen molar-refractivity contribution in [3.63, 3.8) is 0 Å². The van der Waals surface area contributed by atoms with Crippen LogP contribution >= 0.6 is 0 Å². The maximum absolute atomic E-state index is 11.1. The number of aliphatic hydroxyl groups excluding tert-OH is 1. The van der Waals surface area contributed by atoms with Gasteiger partial charge in [-0.25, -0.2) is 5.48 Å². The summed E-state index contributed by atoms with van der Waals surface area (Å²) in [5.41, 5.74) is 8.57. The fourth-order valence-corrected chi connectivity index (χ4v) is 4.60. The van der Waals surface area contributed by atoms with Crippen molar-refractivity contribution < 1.29 is 15.1 Å². The first-order chi connectivity index (χ1) is 15.2. The zero-order valence-electron chi connectivity index (χ0n) is 17.6. The number of aromatic amines is 1. The summed E-state index contributed by atoms with van der Waals surface area (Å²) >= 11 is 0. The fourth-order valence-electron chi connectivity index (χ4n) is 4.60. The highest BCUT2D eigenvalue weighted by atomic mass is 16.5. The zero-order valence-corrected chi connectivity index (χ0v) is 17.6. The van der Waals surface area contributed by atoms with E-state index in [1.54, 1.807) is 6.08 Å². The molecule has 6 nitrogen and oxygen atoms in total. The second-order valence-corrected chi connectivity index (χ2v) is 8.13. The van der Waals surface area contributed by atoms with Crippen molar-refractivity contribution in [3.8, 4) is 0 Å². The van der Waals surface area contributed by atoms with Crippen molar-refractivity contribution in [3.05, 3.63) is 76.5 Å². The summed E-state index contributed by atoms with van der Waals surface area (Å²) in [6.45, 7) is 1.82. The first-order valence-electron chi connectivity index (χ1n) is 10.8. The van der Waals surface area contributed by atoms with Crippen LogP contribution in [0.25, 0.3) is 17.0 Å². The van der Waals surface area contributed by atoms with E-state index < -0.39 is 0 Å². The molecule has 6 heteroatoms. The Morgan fingerprint density at radius 3 is 2.81 bits per heavy atom. The molecule has 0 radical (unpaired) electrons. The first kappa shape index (κ1) is 21.5. The lowest BCUT2D eigenvalue weighted by Gasteiger charge is -2.28. The van der Waals surface area contributed by atoms with E-state index in [9.17, 15) is 9.90 Å². The van der Waals surface area contributed by atoms with E-state index in [4.69, 9.17) is 5.21 Å². The number of para-hydroxylation sites is 1. The van der Waals surface area contributed by atoms with Gasteiger partial charge in [-0.05, 0) is 53.7 Å². The van der Waals surface area contributed by atoms with E-state index in [0.29, 0.717) is 18.2 Å². The number of hydrogen-bond donors (Lipinski definition) is 4. The van der Waals surface area contributed by atoms with Gasteiger partial charge in [0.05, 0.1) is 6.61 Å². The van der Waals surface area contributed by atoms with Crippen LogP contribution in [0.3, 0.4) is 0 Å². The molecule has 1 atom stereocenters. The second kappa shape index (κ2) is 10.0. The number of carbonyl (C=O) groups excluding carboxylic acids is 1. The summed E-state index contributed by atoms with van der Waals surface area (Å²) in [5, 5.41) is 19.8. The summed E-state index contributed by atoms with van der Waals surface area (Å²) in [4.78, 5) is 16.9. The first-order valence-corrected chi connectivity index (χ1v) is 10.8. The average Bonchev–Trinajstić information content (AvgIpc) is 3.40. The van der Waals surface area contributed by atoms with E-state index in [2.05, 4.69) is 46.4 Å². The topological polar surface area (TPSA) is 88.6 Å². The molecule has 4 rings (SSSR count). The lowest BCUT2D eigenvalue weighted by molar-refractivity contribution is -0.105. The number of aromatic nitrogens is 1. The van der Waals surface area contributed by atoms with Crippen molar-refractivity contribution in [2.45, 2.75) is 25.3 Å². The van der Waals surface area contributed by atoms with Crippen LogP contribution in [-0.2, 0) is 24.1 Å². The van der Waals surface area contributed by atoms with Crippen LogP contribution in [0.5, 0.6) is 0 Å². The Bertz CT molecular complexity index is 1070. The number of benzene rings is 2. The van der Waals surface area contributed by atoms with Gasteiger partial charge >= 0.3 is 0 Å². The lowest BCUT2D eigenvalue weighted by atomic mass is 10.0. The van der Waals surface area contributed by atoms with Crippen LogP contribution in [0, 0.1) is 0 Å². The molecule has 0 spiro atoms. The standard InChI is InChI=1S/C25H29N3O3/c29-10-9-28(8-7-21-16-26-25-4-2-1-3-24(21)25)23-13-20-6-5-18(12-22(20)14-23)11-19(17-30)15-27-31/h1-6,11-12,16-17,23,26-27,29,31H,7-10,13-15H2/b19-11+. The molecule has 0 bridgehead atoms. The van der Waals surface area contributed by atoms with E-state index in [0.717, 1.165) is 43.2 Å². The minimum atomic E-state index is 0.126. The number of aliphatic hydroxyl groups is 1. The molecule has 0 aliphatic heterocycles. The number of rotatable bonds is 10. The number of hydroxylamine groups is 1. The Morgan fingerprint density at radius 1 is 1.16 bits per heavy atom. The highest BCUT2D eigenvalue weighted by molar-refractivity contribution is 5.83. The van der Waals surface area contributed by atoms with Gasteiger partial charge in [-0.15, -0.1) is 0 Å². The Hall–Kier alpha value is -2.77. The van der Waals surface area contributed by atoms with Crippen molar-refractivity contribution in [2.24, 2.45) is 0 Å². The molecule has 1 aromatic heterocycles. The molecule has 0 fully saturated rings. The largest absolute Gasteiger partial charge is 0.395 e. The van der Waals surface area contributed by atoms with Gasteiger partial charge in [-0.1, -0.05) is 36.4 Å². The highest BCUT2D eigenvalue weighted by Gasteiger charge is 2.26. The van der Waals surface area contributed by atoms with Crippen LogP contribution < -0.4 is 5.48 Å². The molecule has 1 aliphatic carbocycles. The van der Waals surface area contributed by atoms with Crippen LogP contribution in [0.15, 0.2) is 54.2 Å². The summed E-state index contributed by atoms with van der Waals surface area (Å²) in [6, 6.07) is 15.0. The quantitative estimate of drug-likeness (QED) is 0.231. The molecule has 0 amide bonds. The third-order valence-electron chi connectivity index (χ3n) is 6.17. The Kier molecular flexibility index (Phi) is 6.94. The predicted octanol–water partition coefficient (Wildman–Crippen LogP) is 2.73. The number of nitrogens with one attached hydrogen (secondary N) is 2. The summed E-state index contributed by atoms with van der Waals surface area (Å²) < 4.78 is 0. The lowest BCUT2D eigenvalue weighted by Crippen LogP contribution is -2.39. The van der Waals surface area contributed by atoms with Gasteiger partial charge in [-0.2, -0.15) is 0 Å². The van der Waals surface area contributed by atoms with E-state index in [1.165, 1.54) is 22.1 Å². The van der Waals surface area contributed by atoms with Crippen LogP contribution in [0.2, 0.25) is 0 Å². The molecule has 4 N–H and O–H groups in total. The van der Waals surface area contributed by atoms with Crippen molar-refractivity contribution in [2.75, 3.05) is 26.2 Å². The fraction of sp³-hybridized carbons (Fsp3) is 0.320. The van der Waals surface area contributed by atoms with Crippen molar-refractivity contribution in [1.82, 2.24) is 15.4 Å². The summed E-state index contributed by atoms with van der Waals surface area (Å²) in [5.74, 6) is 0. The van der Waals surface area contributed by atoms with E-state index in [1.807, 2.05) is 17.6 Å². The van der Waals surface area contributed by atoms with Gasteiger partial charge in [0.1, 0.15) is 6.29 Å². The number of carbonyl (C=O) groups is 1. The maximum Gasteiger partial charge on any atom is 0.147 e. The smallest absolute Gasteiger partial charge is 0.147 e. The van der Waals surface area contributed by atoms with Crippen LogP contribution in [0.4, 0.5) is 0 Å². The van der Waals surface area contributed by atoms with E-state index in [-0.39, 0.29) is 13.2 Å². The molecule has 1 heterocycles. The third kappa shape index (κ3) is 4.94. The average molecular weight is 420 g/mol. The van der Waals surface area contributed by atoms with Crippen molar-refractivity contribution >= 4 is 23.3 Å². The summed E-state index contributed by atoms with van der Waals surface area (Å²) in [7, 11) is 0. The number of H-pyrrole nitrogens is 1. The zero-order chi connectivity index (χ0) is 21.6. The molecule has 2 aromatic carbocycles. The van der Waals surface area contributed by atoms with Gasteiger partial charge < -0.3 is 15.3 Å². The summed E-state index contributed by atoms with van der Waals surface area (Å²) in [6.07, 6.45) is 7.47. The normalized spacial score (nSPS) is 16.2. The van der Waals surface area contributed by atoms with Gasteiger partial charge in [0.15, 0.2) is 0 Å². The Balaban J connectivity index is 1.45. The number of nitrogens with zero attached hydrogens (tertiary/aromatic N) is 1. The second-order valence-electron chi connectivity index (χ2n) is 8.13. The third-order valence-corrected chi connectivity index (χ3v) is 6.17. The van der Waals surface area contributed by atoms with Gasteiger partial charge in [0.2, 0.25) is 0 Å². The number of fused-ring (bicyclic) bond motifs is 2. The molecule has 1 unspecified atom stereocenters. The van der Waals surface area contributed by atoms with E-state index >= 15 is 0 Å². The minimum Gasteiger partial charge on any atom is -0.395 e. The van der Waals surface area contributed by atoms with Crippen LogP contribution in [0.1, 0.15) is 22.3 Å². The number of aldehydes is 1. The molecule has 0 saturated heterocycles. The monoisotopic (exact) mass is 419 g/mol. The Labute approximate surface area is 182 Å². The minimum absolute atomic E-state index is 0.126. The predicted molar refractivity (Wildman–Crippen MR) is 122 cm³/mol. The van der Waals surface area contributed by atoms with Crippen molar-refractivity contribution in [1.29, 1.82) is 0 Å². The van der Waals surface area contributed by atoms with Gasteiger partial charge in [-0.3, -0.25) is 9.69 Å². The molecule has 0 saturated carbocycles. The molecule has 1 aliphatic rings. The molecular weight excluding hydrogens is 390 g/mol. The van der Waals surface area contributed by atoms with Gasteiger partial charge in [0.25, 0.3) is 0 Å². The molecular formula is C25H29N3O3. The molecule has 31 heavy (non-hydrogen) atoms.